The van der Waals surface area contributed by atoms with Gasteiger partial charge in [0, 0.05) is 24.2 Å². The number of rotatable bonds is 8. The van der Waals surface area contributed by atoms with Crippen molar-refractivity contribution in [1.82, 2.24) is 9.62 Å². The molecule has 0 aliphatic carbocycles. The van der Waals surface area contributed by atoms with Gasteiger partial charge in [0.25, 0.3) is 5.91 Å². The third kappa shape index (κ3) is 4.77. The standard InChI is InChI=1S/C22H23FN2O4S/c1-3-25(4-2)30(27,28)20-12-7-17(8-13-20)22(26)24-15-19-11-14-21(29-19)16-5-9-18(23)10-6-16/h5-14H,3-4,15H2,1-2H3,(H,24,26). The maximum Gasteiger partial charge on any atom is 0.251 e. The predicted molar refractivity (Wildman–Crippen MR) is 112 cm³/mol. The van der Waals surface area contributed by atoms with E-state index in [9.17, 15) is 17.6 Å². The van der Waals surface area contributed by atoms with E-state index in [0.29, 0.717) is 30.2 Å². The number of halogens is 1. The number of carbonyl (C=O) groups excluding carboxylic acids is 1. The molecular formula is C22H23FN2O4S. The van der Waals surface area contributed by atoms with Crippen LogP contribution in [0.2, 0.25) is 0 Å². The van der Waals surface area contributed by atoms with Crippen LogP contribution in [0.15, 0.2) is 70.0 Å². The van der Waals surface area contributed by atoms with Crippen molar-refractivity contribution < 1.29 is 22.0 Å². The number of hydrogen-bond acceptors (Lipinski definition) is 4. The molecule has 1 aromatic heterocycles. The van der Waals surface area contributed by atoms with Gasteiger partial charge in [0.1, 0.15) is 17.3 Å². The maximum atomic E-state index is 13.0. The normalized spacial score (nSPS) is 11.6. The lowest BCUT2D eigenvalue weighted by atomic mass is 10.2. The summed E-state index contributed by atoms with van der Waals surface area (Å²) >= 11 is 0. The third-order valence-corrected chi connectivity index (χ3v) is 6.74. The number of benzene rings is 2. The summed E-state index contributed by atoms with van der Waals surface area (Å²) in [5.74, 6) is 0.448. The van der Waals surface area contributed by atoms with Crippen molar-refractivity contribution >= 4 is 15.9 Å². The average Bonchev–Trinajstić information content (AvgIpc) is 3.22. The van der Waals surface area contributed by atoms with Gasteiger partial charge >= 0.3 is 0 Å². The summed E-state index contributed by atoms with van der Waals surface area (Å²) in [6.45, 7) is 4.48. The summed E-state index contributed by atoms with van der Waals surface area (Å²) in [6.07, 6.45) is 0. The summed E-state index contributed by atoms with van der Waals surface area (Å²) in [5.41, 5.74) is 1.08. The lowest BCUT2D eigenvalue weighted by Crippen LogP contribution is -2.30. The zero-order valence-electron chi connectivity index (χ0n) is 16.8. The van der Waals surface area contributed by atoms with Crippen molar-refractivity contribution in [3.63, 3.8) is 0 Å². The summed E-state index contributed by atoms with van der Waals surface area (Å²) in [7, 11) is -3.56. The van der Waals surface area contributed by atoms with Gasteiger partial charge in [-0.2, -0.15) is 4.31 Å². The summed E-state index contributed by atoms with van der Waals surface area (Å²) in [6, 6.07) is 15.3. The monoisotopic (exact) mass is 430 g/mol. The molecule has 3 aromatic rings. The van der Waals surface area contributed by atoms with Crippen LogP contribution in [0.3, 0.4) is 0 Å². The Morgan fingerprint density at radius 3 is 2.20 bits per heavy atom. The second-order valence-electron chi connectivity index (χ2n) is 6.57. The van der Waals surface area contributed by atoms with Crippen LogP contribution in [-0.2, 0) is 16.6 Å². The maximum absolute atomic E-state index is 13.0. The van der Waals surface area contributed by atoms with Crippen LogP contribution in [0.4, 0.5) is 4.39 Å². The molecule has 0 atom stereocenters. The van der Waals surface area contributed by atoms with Crippen LogP contribution in [-0.4, -0.2) is 31.7 Å². The highest BCUT2D eigenvalue weighted by Crippen LogP contribution is 2.22. The highest BCUT2D eigenvalue weighted by atomic mass is 32.2. The molecule has 0 saturated heterocycles. The smallest absolute Gasteiger partial charge is 0.251 e. The van der Waals surface area contributed by atoms with Gasteiger partial charge in [-0.05, 0) is 60.7 Å². The molecule has 0 unspecified atom stereocenters. The lowest BCUT2D eigenvalue weighted by molar-refractivity contribution is 0.0948. The number of hydrogen-bond donors (Lipinski definition) is 1. The molecule has 1 heterocycles. The highest BCUT2D eigenvalue weighted by molar-refractivity contribution is 7.89. The topological polar surface area (TPSA) is 79.6 Å². The van der Waals surface area contributed by atoms with E-state index < -0.39 is 10.0 Å². The zero-order valence-corrected chi connectivity index (χ0v) is 17.6. The Hall–Kier alpha value is -2.97. The molecule has 0 fully saturated rings. The zero-order chi connectivity index (χ0) is 21.7. The Morgan fingerprint density at radius 1 is 0.967 bits per heavy atom. The first-order valence-corrected chi connectivity index (χ1v) is 11.0. The molecule has 0 spiro atoms. The number of furan rings is 1. The Labute approximate surface area is 175 Å². The minimum Gasteiger partial charge on any atom is -0.459 e. The Morgan fingerprint density at radius 2 is 1.60 bits per heavy atom. The van der Waals surface area contributed by atoms with E-state index in [1.165, 1.54) is 40.7 Å². The fourth-order valence-electron chi connectivity index (χ4n) is 3.00. The molecule has 158 valence electrons. The van der Waals surface area contributed by atoms with E-state index in [1.54, 1.807) is 38.1 Å². The Kier molecular flexibility index (Phi) is 6.69. The first-order valence-electron chi connectivity index (χ1n) is 9.58. The molecule has 0 aliphatic rings. The first-order chi connectivity index (χ1) is 14.3. The second-order valence-corrected chi connectivity index (χ2v) is 8.51. The Balaban J connectivity index is 1.64. The van der Waals surface area contributed by atoms with E-state index >= 15 is 0 Å². The van der Waals surface area contributed by atoms with Crippen molar-refractivity contribution in [2.24, 2.45) is 0 Å². The minimum atomic E-state index is -3.56. The summed E-state index contributed by atoms with van der Waals surface area (Å²) in [5, 5.41) is 2.74. The van der Waals surface area contributed by atoms with Crippen LogP contribution >= 0.6 is 0 Å². The van der Waals surface area contributed by atoms with Crippen molar-refractivity contribution in [2.75, 3.05) is 13.1 Å². The molecule has 1 N–H and O–H groups in total. The van der Waals surface area contributed by atoms with Crippen molar-refractivity contribution in [1.29, 1.82) is 0 Å². The molecule has 0 saturated carbocycles. The SMILES string of the molecule is CCN(CC)S(=O)(=O)c1ccc(C(=O)NCc2ccc(-c3ccc(F)cc3)o2)cc1. The second kappa shape index (κ2) is 9.23. The fraction of sp³-hybridized carbons (Fsp3) is 0.227. The molecule has 6 nitrogen and oxygen atoms in total. The molecule has 8 heteroatoms. The first kappa shape index (κ1) is 21.7. The Bertz CT molecular complexity index is 1100. The fourth-order valence-corrected chi connectivity index (χ4v) is 4.46. The highest BCUT2D eigenvalue weighted by Gasteiger charge is 2.21. The molecule has 30 heavy (non-hydrogen) atoms. The quantitative estimate of drug-likeness (QED) is 0.585. The largest absolute Gasteiger partial charge is 0.459 e. The van der Waals surface area contributed by atoms with Gasteiger partial charge in [-0.25, -0.2) is 12.8 Å². The molecule has 0 aliphatic heterocycles. The van der Waals surface area contributed by atoms with E-state index in [-0.39, 0.29) is 23.2 Å². The average molecular weight is 431 g/mol. The van der Waals surface area contributed by atoms with Crippen LogP contribution in [0, 0.1) is 5.82 Å². The van der Waals surface area contributed by atoms with E-state index in [4.69, 9.17) is 4.42 Å². The van der Waals surface area contributed by atoms with Gasteiger partial charge < -0.3 is 9.73 Å². The van der Waals surface area contributed by atoms with Gasteiger partial charge in [-0.3, -0.25) is 4.79 Å². The van der Waals surface area contributed by atoms with E-state index in [0.717, 1.165) is 5.56 Å². The number of amides is 1. The molecular weight excluding hydrogens is 407 g/mol. The summed E-state index contributed by atoms with van der Waals surface area (Å²) < 4.78 is 45.1. The molecule has 0 bridgehead atoms. The van der Waals surface area contributed by atoms with Gasteiger partial charge in [0.05, 0.1) is 11.4 Å². The lowest BCUT2D eigenvalue weighted by Gasteiger charge is -2.18. The summed E-state index contributed by atoms with van der Waals surface area (Å²) in [4.78, 5) is 12.5. The molecule has 0 radical (unpaired) electrons. The number of sulfonamides is 1. The van der Waals surface area contributed by atoms with Crippen LogP contribution in [0.5, 0.6) is 0 Å². The molecule has 1 amide bonds. The van der Waals surface area contributed by atoms with Crippen LogP contribution < -0.4 is 5.32 Å². The number of carbonyl (C=O) groups is 1. The van der Waals surface area contributed by atoms with Gasteiger partial charge in [0.2, 0.25) is 10.0 Å². The number of nitrogens with zero attached hydrogens (tertiary/aromatic N) is 1. The third-order valence-electron chi connectivity index (χ3n) is 4.67. The van der Waals surface area contributed by atoms with Gasteiger partial charge in [-0.15, -0.1) is 0 Å². The van der Waals surface area contributed by atoms with Crippen LogP contribution in [0.1, 0.15) is 30.0 Å². The van der Waals surface area contributed by atoms with Crippen molar-refractivity contribution in [3.05, 3.63) is 77.8 Å². The van der Waals surface area contributed by atoms with Gasteiger partial charge in [0.15, 0.2) is 0 Å². The van der Waals surface area contributed by atoms with Crippen molar-refractivity contribution in [2.45, 2.75) is 25.3 Å². The van der Waals surface area contributed by atoms with E-state index in [2.05, 4.69) is 5.32 Å². The molecule has 3 rings (SSSR count). The van der Waals surface area contributed by atoms with Crippen molar-refractivity contribution in [3.8, 4) is 11.3 Å². The van der Waals surface area contributed by atoms with Gasteiger partial charge in [-0.1, -0.05) is 13.8 Å². The minimum absolute atomic E-state index is 0.151. The predicted octanol–water partition coefficient (Wildman–Crippen LogP) is 4.05. The van der Waals surface area contributed by atoms with E-state index in [1.807, 2.05) is 0 Å². The molecule has 2 aromatic carbocycles. The number of nitrogens with one attached hydrogen (secondary N) is 1. The van der Waals surface area contributed by atoms with Crippen LogP contribution in [0.25, 0.3) is 11.3 Å².